The molecule has 0 heterocycles. The van der Waals surface area contributed by atoms with Gasteiger partial charge < -0.3 is 14.9 Å². The molecule has 0 aliphatic heterocycles. The molecule has 0 spiro atoms. The zero-order chi connectivity index (χ0) is 15.8. The van der Waals surface area contributed by atoms with E-state index in [4.69, 9.17) is 15.4 Å². The molecule has 0 aromatic heterocycles. The molecule has 2 aromatic carbocycles. The zero-order valence-corrected chi connectivity index (χ0v) is 12.3. The molecule has 0 bridgehead atoms. The number of carbonyl (C=O) groups excluding carboxylic acids is 1. The number of hydrogen-bond acceptors (Lipinski definition) is 5. The topological polar surface area (TPSA) is 85.6 Å². The Morgan fingerprint density at radius 3 is 2.68 bits per heavy atom. The number of carbonyl (C=O) groups is 1. The second-order valence-corrected chi connectivity index (χ2v) is 4.65. The van der Waals surface area contributed by atoms with E-state index in [0.29, 0.717) is 24.3 Å². The van der Waals surface area contributed by atoms with Crippen LogP contribution in [0.15, 0.2) is 48.5 Å². The van der Waals surface area contributed by atoms with Gasteiger partial charge in [-0.05, 0) is 36.2 Å². The first-order valence-electron chi connectivity index (χ1n) is 6.86. The highest BCUT2D eigenvalue weighted by atomic mass is 16.7. The fourth-order valence-corrected chi connectivity index (χ4v) is 2.01. The second kappa shape index (κ2) is 8.02. The summed E-state index contributed by atoms with van der Waals surface area (Å²) >= 11 is 0. The number of hydrogen-bond donors (Lipinski definition) is 3. The highest BCUT2D eigenvalue weighted by molar-refractivity contribution is 5.91. The van der Waals surface area contributed by atoms with Gasteiger partial charge in [0.25, 0.3) is 0 Å². The first kappa shape index (κ1) is 15.8. The van der Waals surface area contributed by atoms with Crippen LogP contribution < -0.4 is 26.3 Å². The van der Waals surface area contributed by atoms with Crippen LogP contribution in [0.2, 0.25) is 0 Å². The zero-order valence-electron chi connectivity index (χ0n) is 12.3. The number of rotatable bonds is 7. The van der Waals surface area contributed by atoms with Crippen molar-refractivity contribution in [1.82, 2.24) is 5.59 Å². The first-order valence-corrected chi connectivity index (χ1v) is 6.86. The van der Waals surface area contributed by atoms with Gasteiger partial charge in [0.15, 0.2) is 5.75 Å². The molecule has 0 unspecified atom stereocenters. The third-order valence-corrected chi connectivity index (χ3v) is 3.07. The normalized spacial score (nSPS) is 10.1. The largest absolute Gasteiger partial charge is 0.497 e. The summed E-state index contributed by atoms with van der Waals surface area (Å²) in [5.41, 5.74) is 3.81. The minimum absolute atomic E-state index is 0.0688. The summed E-state index contributed by atoms with van der Waals surface area (Å²) in [4.78, 5) is 16.9. The smallest absolute Gasteiger partial charge is 0.224 e. The fraction of sp³-hybridized carbons (Fsp3) is 0.188. The third kappa shape index (κ3) is 4.76. The van der Waals surface area contributed by atoms with Crippen molar-refractivity contribution in [2.24, 2.45) is 5.84 Å². The molecular weight excluding hydrogens is 282 g/mol. The van der Waals surface area contributed by atoms with E-state index in [1.807, 2.05) is 24.3 Å². The minimum Gasteiger partial charge on any atom is -0.497 e. The third-order valence-electron chi connectivity index (χ3n) is 3.07. The Labute approximate surface area is 129 Å². The van der Waals surface area contributed by atoms with Crippen molar-refractivity contribution in [3.63, 3.8) is 0 Å². The van der Waals surface area contributed by atoms with Crippen LogP contribution in [0.1, 0.15) is 12.0 Å². The minimum atomic E-state index is -0.0688. The summed E-state index contributed by atoms with van der Waals surface area (Å²) in [7, 11) is 1.62. The maximum Gasteiger partial charge on any atom is 0.224 e. The summed E-state index contributed by atoms with van der Waals surface area (Å²) in [6.07, 6.45) is 1.02. The number of nitrogens with two attached hydrogens (primary N) is 1. The van der Waals surface area contributed by atoms with Gasteiger partial charge in [0.05, 0.1) is 7.11 Å². The first-order chi connectivity index (χ1) is 10.7. The van der Waals surface area contributed by atoms with Crippen molar-refractivity contribution < 1.29 is 14.4 Å². The predicted molar refractivity (Wildman–Crippen MR) is 84.3 cm³/mol. The summed E-state index contributed by atoms with van der Waals surface area (Å²) in [5.74, 6) is 6.32. The fourth-order valence-electron chi connectivity index (χ4n) is 2.01. The van der Waals surface area contributed by atoms with Gasteiger partial charge in [-0.2, -0.15) is 0 Å². The standard InChI is InChI=1S/C16H19N3O3/c1-21-14-6-2-4-12(10-14)8-9-16(20)18-13-5-3-7-15(11-13)22-19-17/h2-7,10-11,19H,8-9,17H2,1H3,(H,18,20). The number of amides is 1. The monoisotopic (exact) mass is 301 g/mol. The van der Waals surface area contributed by atoms with E-state index in [1.165, 1.54) is 0 Å². The molecule has 6 heteroatoms. The van der Waals surface area contributed by atoms with Crippen LogP contribution in [0.25, 0.3) is 0 Å². The van der Waals surface area contributed by atoms with Crippen molar-refractivity contribution in [3.8, 4) is 11.5 Å². The Morgan fingerprint density at radius 1 is 1.14 bits per heavy atom. The van der Waals surface area contributed by atoms with Gasteiger partial charge in [0.2, 0.25) is 5.91 Å². The SMILES string of the molecule is COc1cccc(CCC(=O)Nc2cccc(ONN)c2)c1. The molecule has 1 amide bonds. The van der Waals surface area contributed by atoms with Crippen LogP contribution in [0.5, 0.6) is 11.5 Å². The van der Waals surface area contributed by atoms with E-state index >= 15 is 0 Å². The lowest BCUT2D eigenvalue weighted by molar-refractivity contribution is -0.116. The molecular formula is C16H19N3O3. The molecule has 22 heavy (non-hydrogen) atoms. The van der Waals surface area contributed by atoms with Crippen LogP contribution in [0.3, 0.4) is 0 Å². The second-order valence-electron chi connectivity index (χ2n) is 4.65. The number of ether oxygens (including phenoxy) is 1. The number of methoxy groups -OCH3 is 1. The highest BCUT2D eigenvalue weighted by Gasteiger charge is 2.05. The number of benzene rings is 2. The summed E-state index contributed by atoms with van der Waals surface area (Å²) in [6.45, 7) is 0. The molecule has 0 aliphatic rings. The summed E-state index contributed by atoms with van der Waals surface area (Å²) in [5, 5.41) is 2.82. The van der Waals surface area contributed by atoms with Crippen LogP contribution >= 0.6 is 0 Å². The summed E-state index contributed by atoms with van der Waals surface area (Å²) in [6, 6.07) is 14.6. The molecule has 2 rings (SSSR count). The van der Waals surface area contributed by atoms with Gasteiger partial charge in [-0.25, -0.2) is 5.84 Å². The Morgan fingerprint density at radius 2 is 1.91 bits per heavy atom. The van der Waals surface area contributed by atoms with E-state index in [1.54, 1.807) is 31.4 Å². The average Bonchev–Trinajstić information content (AvgIpc) is 2.54. The van der Waals surface area contributed by atoms with Crippen LogP contribution in [0.4, 0.5) is 5.69 Å². The molecule has 0 aliphatic carbocycles. The molecule has 0 radical (unpaired) electrons. The summed E-state index contributed by atoms with van der Waals surface area (Å²) < 4.78 is 5.16. The lowest BCUT2D eigenvalue weighted by atomic mass is 10.1. The van der Waals surface area contributed by atoms with Crippen molar-refractivity contribution >= 4 is 11.6 Å². The van der Waals surface area contributed by atoms with Gasteiger partial charge in [0, 0.05) is 18.2 Å². The lowest BCUT2D eigenvalue weighted by Gasteiger charge is -2.08. The lowest BCUT2D eigenvalue weighted by Crippen LogP contribution is -2.25. The predicted octanol–water partition coefficient (Wildman–Crippen LogP) is 2.02. The van der Waals surface area contributed by atoms with E-state index < -0.39 is 0 Å². The van der Waals surface area contributed by atoms with Gasteiger partial charge in [0.1, 0.15) is 5.75 Å². The molecule has 116 valence electrons. The van der Waals surface area contributed by atoms with Crippen molar-refractivity contribution in [3.05, 3.63) is 54.1 Å². The highest BCUT2D eigenvalue weighted by Crippen LogP contribution is 2.17. The molecule has 2 aromatic rings. The van der Waals surface area contributed by atoms with Crippen molar-refractivity contribution in [2.75, 3.05) is 12.4 Å². The Bertz CT molecular complexity index is 632. The molecule has 0 fully saturated rings. The molecule has 0 atom stereocenters. The van der Waals surface area contributed by atoms with Gasteiger partial charge in [-0.15, -0.1) is 0 Å². The van der Waals surface area contributed by atoms with Crippen LogP contribution in [0, 0.1) is 0 Å². The van der Waals surface area contributed by atoms with E-state index in [2.05, 4.69) is 10.9 Å². The molecule has 4 N–H and O–H groups in total. The Hall–Kier alpha value is -2.57. The van der Waals surface area contributed by atoms with E-state index in [-0.39, 0.29) is 5.91 Å². The van der Waals surface area contributed by atoms with Crippen LogP contribution in [-0.2, 0) is 11.2 Å². The van der Waals surface area contributed by atoms with Gasteiger partial charge in [-0.3, -0.25) is 4.79 Å². The Balaban J connectivity index is 1.88. The number of anilines is 1. The van der Waals surface area contributed by atoms with Gasteiger partial charge in [-0.1, -0.05) is 23.8 Å². The number of nitrogens with one attached hydrogen (secondary N) is 2. The average molecular weight is 301 g/mol. The maximum absolute atomic E-state index is 12.0. The van der Waals surface area contributed by atoms with Crippen molar-refractivity contribution in [2.45, 2.75) is 12.8 Å². The van der Waals surface area contributed by atoms with E-state index in [9.17, 15) is 4.79 Å². The molecule has 0 saturated carbocycles. The van der Waals surface area contributed by atoms with Crippen molar-refractivity contribution in [1.29, 1.82) is 0 Å². The van der Waals surface area contributed by atoms with Crippen LogP contribution in [-0.4, -0.2) is 13.0 Å². The molecule has 0 saturated heterocycles. The Kier molecular flexibility index (Phi) is 5.76. The number of aryl methyl sites for hydroxylation is 1. The van der Waals surface area contributed by atoms with Gasteiger partial charge >= 0.3 is 0 Å². The molecule has 6 nitrogen and oxygen atoms in total. The quantitative estimate of drug-likeness (QED) is 0.538. The van der Waals surface area contributed by atoms with E-state index in [0.717, 1.165) is 11.3 Å². The maximum atomic E-state index is 12.0. The number of hydrazine groups is 1.